The Morgan fingerprint density at radius 3 is 2.41 bits per heavy atom. The van der Waals surface area contributed by atoms with Gasteiger partial charge < -0.3 is 14.2 Å². The summed E-state index contributed by atoms with van der Waals surface area (Å²) in [6, 6.07) is 18.4. The zero-order valence-corrected chi connectivity index (χ0v) is 23.3. The fraction of sp³-hybridized carbons (Fsp3) is 0.290. The van der Waals surface area contributed by atoms with Gasteiger partial charge in [0.1, 0.15) is 5.82 Å². The molecule has 3 aromatic carbocycles. The van der Waals surface area contributed by atoms with Gasteiger partial charge in [0.15, 0.2) is 9.84 Å². The Kier molecular flexibility index (Phi) is 6.20. The molecule has 0 radical (unpaired) electrons. The van der Waals surface area contributed by atoms with Crippen LogP contribution in [-0.4, -0.2) is 71.8 Å². The molecule has 5 aromatic rings. The Morgan fingerprint density at radius 1 is 1.02 bits per heavy atom. The van der Waals surface area contributed by atoms with Gasteiger partial charge in [-0.2, -0.15) is 5.10 Å². The number of nitrogens with one attached hydrogen (secondary N) is 1. The number of hydrogen-bond donors (Lipinski definition) is 1. The Balaban J connectivity index is 1.38. The van der Waals surface area contributed by atoms with E-state index in [1.54, 1.807) is 23.2 Å². The predicted octanol–water partition coefficient (Wildman–Crippen LogP) is 5.08. The molecule has 1 N–H and O–H groups in total. The van der Waals surface area contributed by atoms with Crippen molar-refractivity contribution >= 4 is 37.6 Å². The second kappa shape index (κ2) is 9.81. The molecule has 10 heteroatoms. The van der Waals surface area contributed by atoms with Crippen LogP contribution in [0.3, 0.4) is 0 Å². The molecule has 2 fully saturated rings. The highest BCUT2D eigenvalue weighted by Gasteiger charge is 2.37. The first-order chi connectivity index (χ1) is 19.8. The summed E-state index contributed by atoms with van der Waals surface area (Å²) in [5.74, 6) is -0.252. The van der Waals surface area contributed by atoms with Crippen LogP contribution in [0.1, 0.15) is 34.8 Å². The van der Waals surface area contributed by atoms with Crippen molar-refractivity contribution in [2.45, 2.75) is 24.0 Å². The van der Waals surface area contributed by atoms with E-state index in [1.807, 2.05) is 24.3 Å². The molecule has 0 saturated carbocycles. The maximum absolute atomic E-state index is 14.0. The van der Waals surface area contributed by atoms with E-state index in [0.717, 1.165) is 57.2 Å². The van der Waals surface area contributed by atoms with E-state index in [-0.39, 0.29) is 30.7 Å². The van der Waals surface area contributed by atoms with E-state index in [2.05, 4.69) is 26.9 Å². The maximum Gasteiger partial charge on any atom is 0.253 e. The van der Waals surface area contributed by atoms with Gasteiger partial charge in [0.25, 0.3) is 5.91 Å². The molecule has 4 heterocycles. The number of benzene rings is 3. The van der Waals surface area contributed by atoms with Gasteiger partial charge in [-0.1, -0.05) is 12.1 Å². The highest BCUT2D eigenvalue weighted by molar-refractivity contribution is 7.91. The van der Waals surface area contributed by atoms with Crippen molar-refractivity contribution in [3.63, 3.8) is 0 Å². The minimum absolute atomic E-state index is 0.172. The Hall–Kier alpha value is -4.02. The minimum Gasteiger partial charge on any atom is -0.381 e. The Morgan fingerprint density at radius 2 is 1.73 bits per heavy atom. The largest absolute Gasteiger partial charge is 0.381 e. The first kappa shape index (κ1) is 25.9. The van der Waals surface area contributed by atoms with Gasteiger partial charge in [0, 0.05) is 71.8 Å². The number of hydrogen-bond acceptors (Lipinski definition) is 5. The second-order valence-electron chi connectivity index (χ2n) is 11.0. The van der Waals surface area contributed by atoms with E-state index in [0.29, 0.717) is 18.8 Å². The summed E-state index contributed by atoms with van der Waals surface area (Å²) in [6.07, 6.45) is 4.73. The molecular formula is C31H29FN4O4S. The number of fused-ring (bicyclic) bond motifs is 2. The fourth-order valence-electron chi connectivity index (χ4n) is 6.11. The standard InChI is InChI=1S/C31H29FN4O4S/c1-41(38,39)25-17-35(18-25)31(37)21-4-2-19(3-5-21)29-26-15-27-22(16-33-34-27)14-28(26)36(24-8-6-23(32)7-9-24)30(29)20-10-12-40-13-11-20/h2-9,14-16,20,25H,10-13,17-18H2,1H3,(H,33,34). The van der Waals surface area contributed by atoms with Crippen LogP contribution in [0.2, 0.25) is 0 Å². The number of likely N-dealkylation sites (tertiary alicyclic amines) is 1. The smallest absolute Gasteiger partial charge is 0.253 e. The van der Waals surface area contributed by atoms with Crippen LogP contribution < -0.4 is 0 Å². The Bertz CT molecular complexity index is 1880. The highest BCUT2D eigenvalue weighted by atomic mass is 32.2. The topological polar surface area (TPSA) is 97.3 Å². The lowest BCUT2D eigenvalue weighted by Gasteiger charge is -2.38. The summed E-state index contributed by atoms with van der Waals surface area (Å²) < 4.78 is 45.5. The van der Waals surface area contributed by atoms with Gasteiger partial charge >= 0.3 is 0 Å². The monoisotopic (exact) mass is 572 g/mol. The van der Waals surface area contributed by atoms with Gasteiger partial charge in [-0.15, -0.1) is 0 Å². The normalized spacial score (nSPS) is 16.9. The summed E-state index contributed by atoms with van der Waals surface area (Å²) in [5.41, 5.74) is 6.46. The van der Waals surface area contributed by atoms with E-state index in [4.69, 9.17) is 4.74 Å². The summed E-state index contributed by atoms with van der Waals surface area (Å²) >= 11 is 0. The SMILES string of the molecule is CS(=O)(=O)C1CN(C(=O)c2ccc(-c3c(C4CCOCC4)n(-c4ccc(F)cc4)c4cc5cn[nH]c5cc34)cc2)C1. The zero-order chi connectivity index (χ0) is 28.3. The molecular weight excluding hydrogens is 543 g/mol. The van der Waals surface area contributed by atoms with Crippen molar-refractivity contribution in [3.8, 4) is 16.8 Å². The maximum atomic E-state index is 14.0. The molecule has 2 aliphatic heterocycles. The van der Waals surface area contributed by atoms with Crippen LogP contribution in [0.15, 0.2) is 66.9 Å². The molecule has 2 aliphatic rings. The first-order valence-corrected chi connectivity index (χ1v) is 15.7. The van der Waals surface area contributed by atoms with Crippen molar-refractivity contribution in [2.75, 3.05) is 32.6 Å². The number of aromatic nitrogens is 3. The van der Waals surface area contributed by atoms with Crippen molar-refractivity contribution in [1.82, 2.24) is 19.7 Å². The fourth-order valence-corrected chi connectivity index (χ4v) is 7.01. The van der Waals surface area contributed by atoms with Gasteiger partial charge in [0.2, 0.25) is 0 Å². The molecule has 210 valence electrons. The van der Waals surface area contributed by atoms with Gasteiger partial charge in [-0.25, -0.2) is 12.8 Å². The number of carbonyl (C=O) groups excluding carboxylic acids is 1. The molecule has 0 bridgehead atoms. The number of H-pyrrole nitrogens is 1. The number of sulfone groups is 1. The van der Waals surface area contributed by atoms with Gasteiger partial charge in [0.05, 0.1) is 22.5 Å². The summed E-state index contributed by atoms with van der Waals surface area (Å²) in [7, 11) is -3.16. The average molecular weight is 573 g/mol. The molecule has 0 aliphatic carbocycles. The van der Waals surface area contributed by atoms with E-state index < -0.39 is 15.1 Å². The van der Waals surface area contributed by atoms with E-state index >= 15 is 0 Å². The molecule has 2 aromatic heterocycles. The van der Waals surface area contributed by atoms with Crippen LogP contribution in [0.25, 0.3) is 38.6 Å². The quantitative estimate of drug-likeness (QED) is 0.317. The molecule has 1 amide bonds. The number of halogens is 1. The molecule has 7 rings (SSSR count). The van der Waals surface area contributed by atoms with Crippen molar-refractivity contribution in [2.24, 2.45) is 0 Å². The van der Waals surface area contributed by atoms with Crippen LogP contribution >= 0.6 is 0 Å². The third-order valence-electron chi connectivity index (χ3n) is 8.42. The lowest BCUT2D eigenvalue weighted by atomic mass is 9.89. The third-order valence-corrected chi connectivity index (χ3v) is 9.93. The van der Waals surface area contributed by atoms with E-state index in [1.165, 1.54) is 18.4 Å². The van der Waals surface area contributed by atoms with Crippen molar-refractivity contribution in [1.29, 1.82) is 0 Å². The second-order valence-corrected chi connectivity index (χ2v) is 13.4. The molecule has 41 heavy (non-hydrogen) atoms. The highest BCUT2D eigenvalue weighted by Crippen LogP contribution is 2.44. The van der Waals surface area contributed by atoms with E-state index in [9.17, 15) is 17.6 Å². The third kappa shape index (κ3) is 4.51. The number of rotatable bonds is 5. The molecule has 0 atom stereocenters. The lowest BCUT2D eigenvalue weighted by molar-refractivity contribution is 0.0659. The number of ether oxygens (including phenoxy) is 1. The predicted molar refractivity (Wildman–Crippen MR) is 156 cm³/mol. The Labute approximate surface area is 236 Å². The zero-order valence-electron chi connectivity index (χ0n) is 22.5. The first-order valence-electron chi connectivity index (χ1n) is 13.7. The molecule has 0 spiro atoms. The number of aromatic amines is 1. The molecule has 8 nitrogen and oxygen atoms in total. The molecule has 2 saturated heterocycles. The van der Waals surface area contributed by atoms with Crippen LogP contribution in [0, 0.1) is 5.82 Å². The minimum atomic E-state index is -3.16. The van der Waals surface area contributed by atoms with Crippen LogP contribution in [0.4, 0.5) is 4.39 Å². The van der Waals surface area contributed by atoms with Crippen LogP contribution in [0.5, 0.6) is 0 Å². The average Bonchev–Trinajstić information content (AvgIpc) is 3.53. The van der Waals surface area contributed by atoms with Crippen LogP contribution in [-0.2, 0) is 14.6 Å². The summed E-state index contributed by atoms with van der Waals surface area (Å²) in [6.45, 7) is 1.77. The van der Waals surface area contributed by atoms with Crippen molar-refractivity contribution in [3.05, 3.63) is 83.9 Å². The van der Waals surface area contributed by atoms with Crippen molar-refractivity contribution < 1.29 is 22.3 Å². The number of carbonyl (C=O) groups is 1. The summed E-state index contributed by atoms with van der Waals surface area (Å²) in [5, 5.41) is 8.84. The molecule has 0 unspecified atom stereocenters. The summed E-state index contributed by atoms with van der Waals surface area (Å²) in [4.78, 5) is 14.7. The number of nitrogens with zero attached hydrogens (tertiary/aromatic N) is 3. The lowest BCUT2D eigenvalue weighted by Crippen LogP contribution is -2.56. The van der Waals surface area contributed by atoms with Gasteiger partial charge in [-0.05, 0) is 66.9 Å². The van der Waals surface area contributed by atoms with Gasteiger partial charge in [-0.3, -0.25) is 9.89 Å². The number of amides is 1.